The molecule has 1 amide bonds. The maximum absolute atomic E-state index is 13.0. The highest BCUT2D eigenvalue weighted by Crippen LogP contribution is 2.19. The number of aromatic amines is 1. The number of aromatic nitrogens is 2. The number of nitrogens with zero attached hydrogens (tertiary/aromatic N) is 1. The zero-order chi connectivity index (χ0) is 19.5. The number of hydrazine groups is 1. The predicted molar refractivity (Wildman–Crippen MR) is 108 cm³/mol. The maximum Gasteiger partial charge on any atom is 0.287 e. The van der Waals surface area contributed by atoms with Gasteiger partial charge in [0.15, 0.2) is 0 Å². The predicted octanol–water partition coefficient (Wildman–Crippen LogP) is 4.27. The SMILES string of the molecule is C=C(NNC(=O)c1cc(-c2ccc(F)cc2)n[nH]1)c1ccc2ccccc2c1. The lowest BCUT2D eigenvalue weighted by molar-refractivity contribution is 0.0937. The molecular formula is C22H17FN4O. The molecule has 0 aliphatic rings. The summed E-state index contributed by atoms with van der Waals surface area (Å²) in [5.41, 5.74) is 8.41. The standard InChI is InChI=1S/C22H17FN4O/c1-14(17-7-6-15-4-2-3-5-18(15)12-17)24-27-22(28)21-13-20(25-26-21)16-8-10-19(23)11-9-16/h2-13,24H,1H2,(H,25,26)(H,27,28). The Morgan fingerprint density at radius 3 is 2.46 bits per heavy atom. The van der Waals surface area contributed by atoms with Crippen LogP contribution in [0.25, 0.3) is 27.7 Å². The van der Waals surface area contributed by atoms with Crippen LogP contribution < -0.4 is 10.9 Å². The monoisotopic (exact) mass is 372 g/mol. The fourth-order valence-corrected chi connectivity index (χ4v) is 2.86. The summed E-state index contributed by atoms with van der Waals surface area (Å²) >= 11 is 0. The lowest BCUT2D eigenvalue weighted by Crippen LogP contribution is -2.36. The van der Waals surface area contributed by atoms with Gasteiger partial charge in [-0.3, -0.25) is 20.7 Å². The molecule has 4 aromatic rings. The average Bonchev–Trinajstić information content (AvgIpc) is 3.22. The van der Waals surface area contributed by atoms with E-state index in [1.54, 1.807) is 18.2 Å². The number of rotatable bonds is 5. The summed E-state index contributed by atoms with van der Waals surface area (Å²) in [7, 11) is 0. The van der Waals surface area contributed by atoms with E-state index < -0.39 is 0 Å². The van der Waals surface area contributed by atoms with Crippen molar-refractivity contribution in [3.05, 3.63) is 96.4 Å². The minimum atomic E-state index is -0.386. The van der Waals surface area contributed by atoms with Gasteiger partial charge in [-0.25, -0.2) is 4.39 Å². The van der Waals surface area contributed by atoms with Gasteiger partial charge in [-0.15, -0.1) is 0 Å². The third-order valence-electron chi connectivity index (χ3n) is 4.39. The number of halogens is 1. The van der Waals surface area contributed by atoms with Gasteiger partial charge in [0.2, 0.25) is 0 Å². The molecule has 138 valence electrons. The van der Waals surface area contributed by atoms with Crippen LogP contribution in [0.5, 0.6) is 0 Å². The van der Waals surface area contributed by atoms with Crippen molar-refractivity contribution in [3.8, 4) is 11.3 Å². The van der Waals surface area contributed by atoms with Crippen LogP contribution in [-0.2, 0) is 0 Å². The average molecular weight is 372 g/mol. The minimum absolute atomic E-state index is 0.276. The Kier molecular flexibility index (Phi) is 4.60. The molecule has 1 aromatic heterocycles. The molecule has 0 aliphatic heterocycles. The Balaban J connectivity index is 1.42. The van der Waals surface area contributed by atoms with Crippen molar-refractivity contribution in [3.63, 3.8) is 0 Å². The Bertz CT molecular complexity index is 1160. The van der Waals surface area contributed by atoms with Crippen LogP contribution in [0.3, 0.4) is 0 Å². The second kappa shape index (κ2) is 7.36. The molecular weight excluding hydrogens is 355 g/mol. The van der Waals surface area contributed by atoms with Gasteiger partial charge in [-0.05, 0) is 52.7 Å². The quantitative estimate of drug-likeness (QED) is 0.458. The van der Waals surface area contributed by atoms with Gasteiger partial charge in [0, 0.05) is 5.56 Å². The van der Waals surface area contributed by atoms with Gasteiger partial charge in [0.1, 0.15) is 11.5 Å². The molecule has 4 rings (SSSR count). The Morgan fingerprint density at radius 1 is 0.929 bits per heavy atom. The summed E-state index contributed by atoms with van der Waals surface area (Å²) in [5.74, 6) is -0.712. The number of carbonyl (C=O) groups is 1. The normalized spacial score (nSPS) is 10.6. The summed E-state index contributed by atoms with van der Waals surface area (Å²) in [6.45, 7) is 3.97. The maximum atomic E-state index is 13.0. The van der Waals surface area contributed by atoms with Crippen molar-refractivity contribution in [2.75, 3.05) is 0 Å². The number of hydrogen-bond donors (Lipinski definition) is 3. The summed E-state index contributed by atoms with van der Waals surface area (Å²) in [6, 6.07) is 21.5. The topological polar surface area (TPSA) is 69.8 Å². The highest BCUT2D eigenvalue weighted by molar-refractivity contribution is 5.93. The summed E-state index contributed by atoms with van der Waals surface area (Å²) in [4.78, 5) is 12.3. The first-order chi connectivity index (χ1) is 13.6. The van der Waals surface area contributed by atoms with E-state index in [1.165, 1.54) is 12.1 Å². The van der Waals surface area contributed by atoms with Crippen molar-refractivity contribution in [2.45, 2.75) is 0 Å². The van der Waals surface area contributed by atoms with Crippen molar-refractivity contribution in [1.29, 1.82) is 0 Å². The molecule has 0 radical (unpaired) electrons. The molecule has 0 spiro atoms. The summed E-state index contributed by atoms with van der Waals surface area (Å²) in [6.07, 6.45) is 0. The van der Waals surface area contributed by atoms with E-state index in [0.717, 1.165) is 16.3 Å². The molecule has 5 nitrogen and oxygen atoms in total. The fourth-order valence-electron chi connectivity index (χ4n) is 2.86. The molecule has 0 bridgehead atoms. The summed E-state index contributed by atoms with van der Waals surface area (Å²) < 4.78 is 13.0. The van der Waals surface area contributed by atoms with Crippen LogP contribution in [0, 0.1) is 5.82 Å². The number of nitrogens with one attached hydrogen (secondary N) is 3. The lowest BCUT2D eigenvalue weighted by atomic mass is 10.1. The molecule has 0 atom stereocenters. The third-order valence-corrected chi connectivity index (χ3v) is 4.39. The number of carbonyl (C=O) groups excluding carboxylic acids is 1. The zero-order valence-corrected chi connectivity index (χ0v) is 14.9. The smallest absolute Gasteiger partial charge is 0.287 e. The van der Waals surface area contributed by atoms with Crippen LogP contribution in [0.15, 0.2) is 79.4 Å². The first kappa shape index (κ1) is 17.5. The van der Waals surface area contributed by atoms with E-state index in [-0.39, 0.29) is 17.4 Å². The number of benzene rings is 3. The number of hydrogen-bond acceptors (Lipinski definition) is 3. The van der Waals surface area contributed by atoms with Gasteiger partial charge in [-0.1, -0.05) is 43.0 Å². The van der Waals surface area contributed by atoms with Crippen molar-refractivity contribution >= 4 is 22.4 Å². The lowest BCUT2D eigenvalue weighted by Gasteiger charge is -2.11. The molecule has 3 aromatic carbocycles. The molecule has 28 heavy (non-hydrogen) atoms. The van der Waals surface area contributed by atoms with Gasteiger partial charge in [-0.2, -0.15) is 5.10 Å². The molecule has 0 aliphatic carbocycles. The van der Waals surface area contributed by atoms with Crippen LogP contribution in [0.4, 0.5) is 4.39 Å². The Morgan fingerprint density at radius 2 is 1.68 bits per heavy atom. The Labute approximate surface area is 160 Å². The van der Waals surface area contributed by atoms with E-state index in [9.17, 15) is 9.18 Å². The third kappa shape index (κ3) is 3.61. The fraction of sp³-hybridized carbons (Fsp3) is 0. The molecule has 1 heterocycles. The molecule has 0 saturated carbocycles. The van der Waals surface area contributed by atoms with E-state index in [1.807, 2.05) is 42.5 Å². The zero-order valence-electron chi connectivity index (χ0n) is 14.9. The second-order valence-electron chi connectivity index (χ2n) is 6.29. The van der Waals surface area contributed by atoms with E-state index in [4.69, 9.17) is 0 Å². The molecule has 6 heteroatoms. The van der Waals surface area contributed by atoms with E-state index >= 15 is 0 Å². The van der Waals surface area contributed by atoms with Crippen molar-refractivity contribution in [1.82, 2.24) is 21.0 Å². The number of H-pyrrole nitrogens is 1. The Hall–Kier alpha value is -3.93. The van der Waals surface area contributed by atoms with Gasteiger partial charge >= 0.3 is 0 Å². The molecule has 0 saturated heterocycles. The van der Waals surface area contributed by atoms with Gasteiger partial charge in [0.25, 0.3) is 5.91 Å². The first-order valence-corrected chi connectivity index (χ1v) is 8.66. The number of amides is 1. The van der Waals surface area contributed by atoms with Crippen LogP contribution in [0.2, 0.25) is 0 Å². The second-order valence-corrected chi connectivity index (χ2v) is 6.29. The largest absolute Gasteiger partial charge is 0.298 e. The highest BCUT2D eigenvalue weighted by atomic mass is 19.1. The summed E-state index contributed by atoms with van der Waals surface area (Å²) in [5, 5.41) is 9.00. The molecule has 3 N–H and O–H groups in total. The van der Waals surface area contributed by atoms with Crippen LogP contribution >= 0.6 is 0 Å². The van der Waals surface area contributed by atoms with Crippen molar-refractivity contribution in [2.24, 2.45) is 0 Å². The molecule has 0 fully saturated rings. The number of fused-ring (bicyclic) bond motifs is 1. The minimum Gasteiger partial charge on any atom is -0.298 e. The van der Waals surface area contributed by atoms with E-state index in [0.29, 0.717) is 17.0 Å². The van der Waals surface area contributed by atoms with Gasteiger partial charge < -0.3 is 0 Å². The van der Waals surface area contributed by atoms with Gasteiger partial charge in [0.05, 0.1) is 11.4 Å². The highest BCUT2D eigenvalue weighted by Gasteiger charge is 2.11. The van der Waals surface area contributed by atoms with E-state index in [2.05, 4.69) is 27.6 Å². The first-order valence-electron chi connectivity index (χ1n) is 8.66. The molecule has 0 unspecified atom stereocenters. The van der Waals surface area contributed by atoms with Crippen LogP contribution in [0.1, 0.15) is 16.1 Å². The van der Waals surface area contributed by atoms with Crippen LogP contribution in [-0.4, -0.2) is 16.1 Å². The van der Waals surface area contributed by atoms with Crippen molar-refractivity contribution < 1.29 is 9.18 Å².